The van der Waals surface area contributed by atoms with Gasteiger partial charge in [0.1, 0.15) is 17.2 Å². The first-order chi connectivity index (χ1) is 11.7. The highest BCUT2D eigenvalue weighted by Crippen LogP contribution is 2.27. The molecule has 0 spiro atoms. The van der Waals surface area contributed by atoms with Crippen LogP contribution in [0.2, 0.25) is 0 Å². The Morgan fingerprint density at radius 3 is 2.33 bits per heavy atom. The van der Waals surface area contributed by atoms with Gasteiger partial charge < -0.3 is 19.5 Å². The highest BCUT2D eigenvalue weighted by atomic mass is 16.5. The van der Waals surface area contributed by atoms with Gasteiger partial charge in [0.25, 0.3) is 5.91 Å². The van der Waals surface area contributed by atoms with Gasteiger partial charge in [-0.2, -0.15) is 0 Å². The molecule has 0 saturated heterocycles. The van der Waals surface area contributed by atoms with Crippen LogP contribution in [-0.4, -0.2) is 26.7 Å². The zero-order valence-corrected chi connectivity index (χ0v) is 14.3. The lowest BCUT2D eigenvalue weighted by atomic mass is 10.1. The molecule has 0 heterocycles. The summed E-state index contributed by atoms with van der Waals surface area (Å²) in [7, 11) is 3.10. The Morgan fingerprint density at radius 2 is 1.71 bits per heavy atom. The number of amides is 1. The van der Waals surface area contributed by atoms with Crippen molar-refractivity contribution in [1.29, 1.82) is 0 Å². The Labute approximate surface area is 142 Å². The SMILES string of the molecule is CCCCOc1ccccc1NC(=O)c1cc(OC)cc(OC)c1. The minimum absolute atomic E-state index is 0.251. The summed E-state index contributed by atoms with van der Waals surface area (Å²) < 4.78 is 16.1. The molecule has 0 saturated carbocycles. The molecule has 0 atom stereocenters. The van der Waals surface area contributed by atoms with E-state index in [9.17, 15) is 4.79 Å². The number of ether oxygens (including phenoxy) is 3. The van der Waals surface area contributed by atoms with Crippen LogP contribution in [0.1, 0.15) is 30.1 Å². The quantitative estimate of drug-likeness (QED) is 0.740. The molecular formula is C19H23NO4. The fraction of sp³-hybridized carbons (Fsp3) is 0.316. The van der Waals surface area contributed by atoms with E-state index in [4.69, 9.17) is 14.2 Å². The van der Waals surface area contributed by atoms with Crippen molar-refractivity contribution < 1.29 is 19.0 Å². The van der Waals surface area contributed by atoms with E-state index < -0.39 is 0 Å². The first-order valence-electron chi connectivity index (χ1n) is 7.94. The van der Waals surface area contributed by atoms with Crippen LogP contribution in [0.25, 0.3) is 0 Å². The minimum Gasteiger partial charge on any atom is -0.497 e. The van der Waals surface area contributed by atoms with Crippen molar-refractivity contribution in [2.24, 2.45) is 0 Å². The standard InChI is InChI=1S/C19H23NO4/c1-4-5-10-24-18-9-7-6-8-17(18)20-19(21)14-11-15(22-2)13-16(12-14)23-3/h6-9,11-13H,4-5,10H2,1-3H3,(H,20,21). The number of rotatable bonds is 8. The predicted octanol–water partition coefficient (Wildman–Crippen LogP) is 4.14. The van der Waals surface area contributed by atoms with Crippen molar-refractivity contribution >= 4 is 11.6 Å². The molecule has 0 bridgehead atoms. The summed E-state index contributed by atoms with van der Waals surface area (Å²) in [5, 5.41) is 2.88. The Morgan fingerprint density at radius 1 is 1.04 bits per heavy atom. The largest absolute Gasteiger partial charge is 0.497 e. The maximum absolute atomic E-state index is 12.6. The third kappa shape index (κ3) is 4.65. The summed E-state index contributed by atoms with van der Waals surface area (Å²) in [6, 6.07) is 12.4. The molecule has 2 aromatic rings. The third-order valence-corrected chi connectivity index (χ3v) is 3.50. The van der Waals surface area contributed by atoms with Crippen molar-refractivity contribution in [3.8, 4) is 17.2 Å². The van der Waals surface area contributed by atoms with Gasteiger partial charge in [-0.25, -0.2) is 0 Å². The van der Waals surface area contributed by atoms with E-state index in [0.717, 1.165) is 12.8 Å². The second-order valence-electron chi connectivity index (χ2n) is 5.25. The molecule has 0 aromatic heterocycles. The van der Waals surface area contributed by atoms with E-state index in [1.54, 1.807) is 32.4 Å². The van der Waals surface area contributed by atoms with Gasteiger partial charge in [0.05, 0.1) is 26.5 Å². The van der Waals surface area contributed by atoms with Gasteiger partial charge in [-0.3, -0.25) is 4.79 Å². The van der Waals surface area contributed by atoms with Gasteiger partial charge in [0, 0.05) is 11.6 Å². The van der Waals surface area contributed by atoms with E-state index in [0.29, 0.717) is 35.1 Å². The van der Waals surface area contributed by atoms with Crippen LogP contribution >= 0.6 is 0 Å². The molecule has 1 N–H and O–H groups in total. The second kappa shape index (κ2) is 8.82. The number of nitrogens with one attached hydrogen (secondary N) is 1. The lowest BCUT2D eigenvalue weighted by Gasteiger charge is -2.13. The van der Waals surface area contributed by atoms with Gasteiger partial charge in [-0.15, -0.1) is 0 Å². The Hall–Kier alpha value is -2.69. The molecule has 5 heteroatoms. The van der Waals surface area contributed by atoms with E-state index in [2.05, 4.69) is 12.2 Å². The van der Waals surface area contributed by atoms with E-state index in [-0.39, 0.29) is 5.91 Å². The summed E-state index contributed by atoms with van der Waals surface area (Å²) in [6.45, 7) is 2.73. The van der Waals surface area contributed by atoms with Gasteiger partial charge in [0.2, 0.25) is 0 Å². The van der Waals surface area contributed by atoms with Crippen molar-refractivity contribution in [3.63, 3.8) is 0 Å². The smallest absolute Gasteiger partial charge is 0.256 e. The average molecular weight is 329 g/mol. The van der Waals surface area contributed by atoms with Gasteiger partial charge in [-0.05, 0) is 30.7 Å². The number of benzene rings is 2. The molecular weight excluding hydrogens is 306 g/mol. The second-order valence-corrected chi connectivity index (χ2v) is 5.25. The average Bonchev–Trinajstić information content (AvgIpc) is 2.62. The number of carbonyl (C=O) groups is 1. The predicted molar refractivity (Wildman–Crippen MR) is 94.3 cm³/mol. The Kier molecular flexibility index (Phi) is 6.49. The minimum atomic E-state index is -0.251. The van der Waals surface area contributed by atoms with Crippen LogP contribution < -0.4 is 19.5 Å². The lowest BCUT2D eigenvalue weighted by molar-refractivity contribution is 0.102. The van der Waals surface area contributed by atoms with Crippen LogP contribution in [-0.2, 0) is 0 Å². The molecule has 0 aliphatic carbocycles. The summed E-state index contributed by atoms with van der Waals surface area (Å²) in [6.07, 6.45) is 2.02. The number of para-hydroxylation sites is 2. The number of hydrogen-bond acceptors (Lipinski definition) is 4. The molecule has 0 aliphatic heterocycles. The van der Waals surface area contributed by atoms with Crippen molar-refractivity contribution in [2.45, 2.75) is 19.8 Å². The molecule has 0 radical (unpaired) electrons. The number of unbranched alkanes of at least 4 members (excludes halogenated alkanes) is 1. The number of anilines is 1. The molecule has 1 amide bonds. The molecule has 128 valence electrons. The Balaban J connectivity index is 2.18. The number of hydrogen-bond donors (Lipinski definition) is 1. The summed E-state index contributed by atoms with van der Waals surface area (Å²) in [4.78, 5) is 12.6. The third-order valence-electron chi connectivity index (χ3n) is 3.50. The summed E-state index contributed by atoms with van der Waals surface area (Å²) in [5.74, 6) is 1.53. The van der Waals surface area contributed by atoms with E-state index in [1.165, 1.54) is 0 Å². The maximum Gasteiger partial charge on any atom is 0.256 e. The van der Waals surface area contributed by atoms with Gasteiger partial charge >= 0.3 is 0 Å². The highest BCUT2D eigenvalue weighted by molar-refractivity contribution is 6.05. The number of methoxy groups -OCH3 is 2. The van der Waals surface area contributed by atoms with Crippen LogP contribution in [0.5, 0.6) is 17.2 Å². The zero-order chi connectivity index (χ0) is 17.4. The van der Waals surface area contributed by atoms with Crippen LogP contribution in [0, 0.1) is 0 Å². The van der Waals surface area contributed by atoms with Crippen LogP contribution in [0.3, 0.4) is 0 Å². The van der Waals surface area contributed by atoms with Crippen molar-refractivity contribution in [3.05, 3.63) is 48.0 Å². The van der Waals surface area contributed by atoms with E-state index in [1.807, 2.05) is 24.3 Å². The topological polar surface area (TPSA) is 56.8 Å². The fourth-order valence-corrected chi connectivity index (χ4v) is 2.16. The first-order valence-corrected chi connectivity index (χ1v) is 7.94. The first kappa shape index (κ1) is 17.7. The Bertz CT molecular complexity index is 663. The maximum atomic E-state index is 12.6. The highest BCUT2D eigenvalue weighted by Gasteiger charge is 2.12. The monoisotopic (exact) mass is 329 g/mol. The summed E-state index contributed by atoms with van der Waals surface area (Å²) in [5.41, 5.74) is 1.09. The molecule has 0 unspecified atom stereocenters. The molecule has 24 heavy (non-hydrogen) atoms. The van der Waals surface area contributed by atoms with Gasteiger partial charge in [-0.1, -0.05) is 25.5 Å². The zero-order valence-electron chi connectivity index (χ0n) is 14.3. The normalized spacial score (nSPS) is 10.1. The van der Waals surface area contributed by atoms with Gasteiger partial charge in [0.15, 0.2) is 0 Å². The van der Waals surface area contributed by atoms with Crippen molar-refractivity contribution in [2.75, 3.05) is 26.1 Å². The fourth-order valence-electron chi connectivity index (χ4n) is 2.16. The molecule has 5 nitrogen and oxygen atoms in total. The summed E-state index contributed by atoms with van der Waals surface area (Å²) >= 11 is 0. The molecule has 0 fully saturated rings. The van der Waals surface area contributed by atoms with Crippen LogP contribution in [0.15, 0.2) is 42.5 Å². The lowest BCUT2D eigenvalue weighted by Crippen LogP contribution is -2.13. The van der Waals surface area contributed by atoms with E-state index >= 15 is 0 Å². The molecule has 2 aromatic carbocycles. The van der Waals surface area contributed by atoms with Crippen LogP contribution in [0.4, 0.5) is 5.69 Å². The molecule has 2 rings (SSSR count). The number of carbonyl (C=O) groups excluding carboxylic acids is 1. The van der Waals surface area contributed by atoms with Crippen molar-refractivity contribution in [1.82, 2.24) is 0 Å². The molecule has 0 aliphatic rings.